The number of carbonyl (C=O) groups is 1. The van der Waals surface area contributed by atoms with E-state index in [2.05, 4.69) is 0 Å². The molecule has 1 aromatic rings. The average Bonchev–Trinajstić information content (AvgIpc) is 2.26. The molecule has 16 heavy (non-hydrogen) atoms. The monoisotopic (exact) mass is 244 g/mol. The first-order valence-corrected chi connectivity index (χ1v) is 5.16. The highest BCUT2D eigenvalue weighted by Crippen LogP contribution is 2.34. The van der Waals surface area contributed by atoms with Gasteiger partial charge >= 0.3 is 5.97 Å². The number of aliphatic carboxylic acids is 1. The van der Waals surface area contributed by atoms with E-state index in [4.69, 9.17) is 26.2 Å². The van der Waals surface area contributed by atoms with Crippen LogP contribution in [0.15, 0.2) is 18.2 Å². The first-order valence-electron chi connectivity index (χ1n) is 4.78. The van der Waals surface area contributed by atoms with Gasteiger partial charge in [0.1, 0.15) is 5.75 Å². The Balaban J connectivity index is 3.21. The van der Waals surface area contributed by atoms with Crippen LogP contribution in [0.25, 0.3) is 0 Å². The summed E-state index contributed by atoms with van der Waals surface area (Å²) in [5.41, 5.74) is 0.348. The summed E-state index contributed by atoms with van der Waals surface area (Å²) in [6, 6.07) is 4.94. The second-order valence-electron chi connectivity index (χ2n) is 3.03. The van der Waals surface area contributed by atoms with E-state index in [9.17, 15) is 4.79 Å². The van der Waals surface area contributed by atoms with Crippen LogP contribution in [0.2, 0.25) is 5.02 Å². The van der Waals surface area contributed by atoms with Crippen LogP contribution >= 0.6 is 11.6 Å². The molecule has 0 aliphatic rings. The van der Waals surface area contributed by atoms with Crippen LogP contribution in [0.1, 0.15) is 18.6 Å². The van der Waals surface area contributed by atoms with E-state index in [1.54, 1.807) is 25.1 Å². The van der Waals surface area contributed by atoms with Gasteiger partial charge in [-0.1, -0.05) is 17.7 Å². The largest absolute Gasteiger partial charge is 0.496 e. The van der Waals surface area contributed by atoms with Crippen molar-refractivity contribution in [1.29, 1.82) is 0 Å². The zero-order chi connectivity index (χ0) is 12.1. The van der Waals surface area contributed by atoms with Gasteiger partial charge in [-0.15, -0.1) is 0 Å². The molecule has 0 spiro atoms. The molecule has 0 fully saturated rings. The third kappa shape index (κ3) is 2.65. The maximum atomic E-state index is 11.1. The predicted octanol–water partition coefficient (Wildman–Crippen LogP) is 2.51. The number of hydrogen-bond donors (Lipinski definition) is 1. The minimum atomic E-state index is -1.10. The van der Waals surface area contributed by atoms with Crippen molar-refractivity contribution in [2.75, 3.05) is 13.7 Å². The Bertz CT molecular complexity index is 378. The molecule has 0 bridgehead atoms. The smallest absolute Gasteiger partial charge is 0.337 e. The topological polar surface area (TPSA) is 55.8 Å². The molecule has 88 valence electrons. The van der Waals surface area contributed by atoms with Crippen molar-refractivity contribution < 1.29 is 19.4 Å². The zero-order valence-corrected chi connectivity index (χ0v) is 9.82. The first kappa shape index (κ1) is 12.8. The molecule has 0 saturated carbocycles. The molecule has 0 aliphatic heterocycles. The fourth-order valence-electron chi connectivity index (χ4n) is 1.39. The third-order valence-electron chi connectivity index (χ3n) is 2.05. The number of carboxylic acids is 1. The predicted molar refractivity (Wildman–Crippen MR) is 60.0 cm³/mol. The van der Waals surface area contributed by atoms with Crippen molar-refractivity contribution in [2.24, 2.45) is 0 Å². The Kier molecular flexibility index (Phi) is 4.58. The van der Waals surface area contributed by atoms with Gasteiger partial charge < -0.3 is 14.6 Å². The van der Waals surface area contributed by atoms with E-state index in [0.29, 0.717) is 16.3 Å². The summed E-state index contributed by atoms with van der Waals surface area (Å²) < 4.78 is 10.2. The van der Waals surface area contributed by atoms with Crippen LogP contribution in [0.5, 0.6) is 5.75 Å². The maximum Gasteiger partial charge on any atom is 0.337 e. The number of halogens is 1. The minimum Gasteiger partial charge on any atom is -0.496 e. The molecule has 0 saturated heterocycles. The second kappa shape index (κ2) is 5.72. The lowest BCUT2D eigenvalue weighted by Gasteiger charge is -2.17. The maximum absolute atomic E-state index is 11.1. The highest BCUT2D eigenvalue weighted by Gasteiger charge is 2.26. The number of rotatable bonds is 5. The van der Waals surface area contributed by atoms with Crippen molar-refractivity contribution in [1.82, 2.24) is 0 Å². The molecule has 0 aliphatic carbocycles. The van der Waals surface area contributed by atoms with E-state index in [-0.39, 0.29) is 6.61 Å². The molecule has 1 N–H and O–H groups in total. The van der Waals surface area contributed by atoms with Crippen LogP contribution in [0.4, 0.5) is 0 Å². The van der Waals surface area contributed by atoms with Gasteiger partial charge in [-0.2, -0.15) is 0 Å². The molecule has 0 aromatic heterocycles. The van der Waals surface area contributed by atoms with E-state index >= 15 is 0 Å². The van der Waals surface area contributed by atoms with Crippen LogP contribution in [-0.4, -0.2) is 24.8 Å². The van der Waals surface area contributed by atoms with Gasteiger partial charge in [0.2, 0.25) is 0 Å². The SMILES string of the molecule is CCOC(C(=O)O)c1c(Cl)cccc1OC. The van der Waals surface area contributed by atoms with Gasteiger partial charge in [0, 0.05) is 6.61 Å². The van der Waals surface area contributed by atoms with Gasteiger partial charge in [0.15, 0.2) is 6.10 Å². The second-order valence-corrected chi connectivity index (χ2v) is 3.44. The van der Waals surface area contributed by atoms with Crippen molar-refractivity contribution in [3.8, 4) is 5.75 Å². The molecule has 0 amide bonds. The molecule has 5 heteroatoms. The van der Waals surface area contributed by atoms with Crippen molar-refractivity contribution in [2.45, 2.75) is 13.0 Å². The summed E-state index contributed by atoms with van der Waals surface area (Å²) in [6.07, 6.45) is -1.10. The number of carboxylic acid groups (broad SMARTS) is 1. The van der Waals surface area contributed by atoms with E-state index in [1.807, 2.05) is 0 Å². The lowest BCUT2D eigenvalue weighted by Crippen LogP contribution is -2.16. The van der Waals surface area contributed by atoms with Gasteiger partial charge in [-0.3, -0.25) is 0 Å². The fourth-order valence-corrected chi connectivity index (χ4v) is 1.66. The summed E-state index contributed by atoms with van der Waals surface area (Å²) >= 11 is 5.96. The van der Waals surface area contributed by atoms with Crippen molar-refractivity contribution >= 4 is 17.6 Å². The Hall–Kier alpha value is -1.26. The minimum absolute atomic E-state index is 0.283. The van der Waals surface area contributed by atoms with Gasteiger partial charge in [0.25, 0.3) is 0 Å². The summed E-state index contributed by atoms with van der Waals surface area (Å²) in [5, 5.41) is 9.38. The molecule has 1 atom stereocenters. The van der Waals surface area contributed by atoms with Crippen molar-refractivity contribution in [3.05, 3.63) is 28.8 Å². The van der Waals surface area contributed by atoms with Crippen LogP contribution in [0, 0.1) is 0 Å². The molecule has 1 rings (SSSR count). The standard InChI is InChI=1S/C11H13ClO4/c1-3-16-10(11(13)14)9-7(12)5-4-6-8(9)15-2/h4-6,10H,3H2,1-2H3,(H,13,14). The van der Waals surface area contributed by atoms with Gasteiger partial charge in [-0.25, -0.2) is 4.79 Å². The first-order chi connectivity index (χ1) is 7.61. The van der Waals surface area contributed by atoms with Gasteiger partial charge in [-0.05, 0) is 19.1 Å². The van der Waals surface area contributed by atoms with Crippen LogP contribution in [0.3, 0.4) is 0 Å². The highest BCUT2D eigenvalue weighted by atomic mass is 35.5. The van der Waals surface area contributed by atoms with Gasteiger partial charge in [0.05, 0.1) is 17.7 Å². The van der Waals surface area contributed by atoms with E-state index in [0.717, 1.165) is 0 Å². The zero-order valence-electron chi connectivity index (χ0n) is 9.07. The summed E-state index contributed by atoms with van der Waals surface area (Å²) in [7, 11) is 1.46. The molecular formula is C11H13ClO4. The molecule has 1 unspecified atom stereocenters. The van der Waals surface area contributed by atoms with Crippen LogP contribution < -0.4 is 4.74 Å². The lowest BCUT2D eigenvalue weighted by atomic mass is 10.1. The number of ether oxygens (including phenoxy) is 2. The highest BCUT2D eigenvalue weighted by molar-refractivity contribution is 6.31. The number of hydrogen-bond acceptors (Lipinski definition) is 3. The summed E-state index contributed by atoms with van der Waals surface area (Å²) in [4.78, 5) is 11.1. The summed E-state index contributed by atoms with van der Waals surface area (Å²) in [6.45, 7) is 2.00. The van der Waals surface area contributed by atoms with E-state index < -0.39 is 12.1 Å². The lowest BCUT2D eigenvalue weighted by molar-refractivity contribution is -0.150. The number of benzene rings is 1. The molecule has 1 aromatic carbocycles. The summed E-state index contributed by atoms with van der Waals surface area (Å²) in [5.74, 6) is -0.679. The fraction of sp³-hybridized carbons (Fsp3) is 0.364. The quantitative estimate of drug-likeness (QED) is 0.865. The average molecular weight is 245 g/mol. The Morgan fingerprint density at radius 1 is 1.56 bits per heavy atom. The number of methoxy groups -OCH3 is 1. The molecule has 0 radical (unpaired) electrons. The Morgan fingerprint density at radius 3 is 2.75 bits per heavy atom. The van der Waals surface area contributed by atoms with E-state index in [1.165, 1.54) is 7.11 Å². The third-order valence-corrected chi connectivity index (χ3v) is 2.38. The normalized spacial score (nSPS) is 12.2. The molecule has 4 nitrogen and oxygen atoms in total. The Morgan fingerprint density at radius 2 is 2.25 bits per heavy atom. The molecular weight excluding hydrogens is 232 g/mol. The van der Waals surface area contributed by atoms with Crippen LogP contribution in [-0.2, 0) is 9.53 Å². The molecule has 0 heterocycles. The van der Waals surface area contributed by atoms with Crippen molar-refractivity contribution in [3.63, 3.8) is 0 Å². The Labute approximate surface area is 98.7 Å².